The van der Waals surface area contributed by atoms with Crippen molar-refractivity contribution in [2.24, 2.45) is 0 Å². The molecule has 1 unspecified atom stereocenters. The maximum Gasteiger partial charge on any atom is 0.220 e. The summed E-state index contributed by atoms with van der Waals surface area (Å²) in [6, 6.07) is 18.3. The number of carbonyl (C=O) groups is 1. The van der Waals surface area contributed by atoms with Gasteiger partial charge in [-0.15, -0.1) is 0 Å². The van der Waals surface area contributed by atoms with Crippen molar-refractivity contribution in [1.82, 2.24) is 5.32 Å². The smallest absolute Gasteiger partial charge is 0.220 e. The second-order valence-electron chi connectivity index (χ2n) is 5.07. The number of benzene rings is 2. The van der Waals surface area contributed by atoms with Crippen molar-refractivity contribution < 1.29 is 4.79 Å². The fourth-order valence-corrected chi connectivity index (χ4v) is 2.55. The third-order valence-corrected chi connectivity index (χ3v) is 4.03. The number of halogens is 1. The molecule has 2 nitrogen and oxygen atoms in total. The lowest BCUT2D eigenvalue weighted by atomic mass is 10.0. The Kier molecular flexibility index (Phi) is 6.00. The van der Waals surface area contributed by atoms with E-state index >= 15 is 0 Å². The molecule has 0 saturated carbocycles. The summed E-state index contributed by atoms with van der Waals surface area (Å²) in [7, 11) is 0. The highest BCUT2D eigenvalue weighted by Gasteiger charge is 2.12. The molecule has 21 heavy (non-hydrogen) atoms. The van der Waals surface area contributed by atoms with Crippen molar-refractivity contribution in [3.63, 3.8) is 0 Å². The lowest BCUT2D eigenvalue weighted by molar-refractivity contribution is -0.121. The summed E-state index contributed by atoms with van der Waals surface area (Å²) >= 11 is 3.43. The van der Waals surface area contributed by atoms with Gasteiger partial charge in [0.15, 0.2) is 0 Å². The predicted octanol–water partition coefficient (Wildman–Crippen LogP) is 4.65. The van der Waals surface area contributed by atoms with Gasteiger partial charge in [-0.1, -0.05) is 65.3 Å². The molecule has 0 spiro atoms. The Morgan fingerprint density at radius 3 is 2.38 bits per heavy atom. The van der Waals surface area contributed by atoms with Crippen molar-refractivity contribution in [2.75, 3.05) is 0 Å². The maximum absolute atomic E-state index is 12.1. The zero-order valence-electron chi connectivity index (χ0n) is 12.2. The van der Waals surface area contributed by atoms with Crippen LogP contribution in [0, 0.1) is 0 Å². The number of carbonyl (C=O) groups excluding carboxylic acids is 1. The molecule has 3 heteroatoms. The average Bonchev–Trinajstić information content (AvgIpc) is 2.52. The lowest BCUT2D eigenvalue weighted by Gasteiger charge is -2.17. The first-order valence-corrected chi connectivity index (χ1v) is 8.07. The highest BCUT2D eigenvalue weighted by Crippen LogP contribution is 2.19. The van der Waals surface area contributed by atoms with Gasteiger partial charge in [-0.25, -0.2) is 0 Å². The molecule has 1 N–H and O–H groups in total. The molecule has 0 heterocycles. The summed E-state index contributed by atoms with van der Waals surface area (Å²) in [5.74, 6) is 0.105. The molecule has 0 bridgehead atoms. The van der Waals surface area contributed by atoms with E-state index in [0.717, 1.165) is 22.9 Å². The highest BCUT2D eigenvalue weighted by atomic mass is 79.9. The Bertz CT molecular complexity index is 566. The summed E-state index contributed by atoms with van der Waals surface area (Å²) < 4.78 is 1.05. The molecule has 0 aliphatic rings. The lowest BCUT2D eigenvalue weighted by Crippen LogP contribution is -2.28. The van der Waals surface area contributed by atoms with Gasteiger partial charge in [-0.2, -0.15) is 0 Å². The van der Waals surface area contributed by atoms with Gasteiger partial charge < -0.3 is 5.32 Å². The molecular formula is C18H20BrNO. The first-order valence-electron chi connectivity index (χ1n) is 7.27. The SMILES string of the molecule is CCC(NC(=O)CCc1ccccc1)c1ccc(Br)cc1. The fraction of sp³-hybridized carbons (Fsp3) is 0.278. The van der Waals surface area contributed by atoms with Crippen molar-refractivity contribution in [2.45, 2.75) is 32.2 Å². The van der Waals surface area contributed by atoms with Gasteiger partial charge in [0.05, 0.1) is 6.04 Å². The van der Waals surface area contributed by atoms with Crippen molar-refractivity contribution in [1.29, 1.82) is 0 Å². The fourth-order valence-electron chi connectivity index (χ4n) is 2.29. The topological polar surface area (TPSA) is 29.1 Å². The predicted molar refractivity (Wildman–Crippen MR) is 90.1 cm³/mol. The van der Waals surface area contributed by atoms with Crippen LogP contribution in [0.2, 0.25) is 0 Å². The van der Waals surface area contributed by atoms with E-state index in [2.05, 4.69) is 52.4 Å². The van der Waals surface area contributed by atoms with Crippen molar-refractivity contribution in [3.05, 3.63) is 70.2 Å². The zero-order valence-corrected chi connectivity index (χ0v) is 13.8. The molecule has 0 fully saturated rings. The van der Waals surface area contributed by atoms with E-state index in [4.69, 9.17) is 0 Å². The second-order valence-corrected chi connectivity index (χ2v) is 5.98. The molecule has 0 aliphatic heterocycles. The Morgan fingerprint density at radius 1 is 1.10 bits per heavy atom. The Labute approximate surface area is 134 Å². The van der Waals surface area contributed by atoms with E-state index in [1.807, 2.05) is 30.3 Å². The summed E-state index contributed by atoms with van der Waals surface area (Å²) in [5, 5.41) is 3.12. The van der Waals surface area contributed by atoms with Gasteiger partial charge in [-0.05, 0) is 36.1 Å². The molecule has 110 valence electrons. The maximum atomic E-state index is 12.1. The molecule has 1 atom stereocenters. The van der Waals surface area contributed by atoms with Crippen LogP contribution in [0.4, 0.5) is 0 Å². The van der Waals surface area contributed by atoms with Gasteiger partial charge in [0, 0.05) is 10.9 Å². The van der Waals surface area contributed by atoms with E-state index in [-0.39, 0.29) is 11.9 Å². The standard InChI is InChI=1S/C18H20BrNO/c1-2-17(15-9-11-16(19)12-10-15)20-18(21)13-8-14-6-4-3-5-7-14/h3-7,9-12,17H,2,8,13H2,1H3,(H,20,21). The van der Waals surface area contributed by atoms with E-state index in [1.165, 1.54) is 5.56 Å². The number of amides is 1. The van der Waals surface area contributed by atoms with Gasteiger partial charge in [-0.3, -0.25) is 4.79 Å². The van der Waals surface area contributed by atoms with E-state index in [9.17, 15) is 4.79 Å². The van der Waals surface area contributed by atoms with Gasteiger partial charge >= 0.3 is 0 Å². The normalized spacial score (nSPS) is 11.9. The van der Waals surface area contributed by atoms with E-state index in [1.54, 1.807) is 0 Å². The molecule has 0 aliphatic carbocycles. The molecular weight excluding hydrogens is 326 g/mol. The molecule has 0 saturated heterocycles. The molecule has 2 rings (SSSR count). The molecule has 2 aromatic carbocycles. The Balaban J connectivity index is 1.89. The summed E-state index contributed by atoms with van der Waals surface area (Å²) in [6.45, 7) is 2.09. The van der Waals surface area contributed by atoms with Gasteiger partial charge in [0.25, 0.3) is 0 Å². The number of hydrogen-bond acceptors (Lipinski definition) is 1. The van der Waals surface area contributed by atoms with Crippen LogP contribution >= 0.6 is 15.9 Å². The van der Waals surface area contributed by atoms with Crippen molar-refractivity contribution >= 4 is 21.8 Å². The first kappa shape index (κ1) is 15.8. The quantitative estimate of drug-likeness (QED) is 0.811. The Hall–Kier alpha value is -1.61. The van der Waals surface area contributed by atoms with Gasteiger partial charge in [0.1, 0.15) is 0 Å². The van der Waals surface area contributed by atoms with Crippen LogP contribution in [-0.4, -0.2) is 5.91 Å². The minimum atomic E-state index is 0.0846. The van der Waals surface area contributed by atoms with Crippen LogP contribution in [0.3, 0.4) is 0 Å². The van der Waals surface area contributed by atoms with Crippen LogP contribution in [-0.2, 0) is 11.2 Å². The van der Waals surface area contributed by atoms with E-state index in [0.29, 0.717) is 6.42 Å². The van der Waals surface area contributed by atoms with Crippen LogP contribution in [0.5, 0.6) is 0 Å². The minimum Gasteiger partial charge on any atom is -0.349 e. The number of rotatable bonds is 6. The minimum absolute atomic E-state index is 0.0846. The molecule has 0 aromatic heterocycles. The Morgan fingerprint density at radius 2 is 1.76 bits per heavy atom. The summed E-state index contributed by atoms with van der Waals surface area (Å²) in [6.07, 6.45) is 2.19. The largest absolute Gasteiger partial charge is 0.349 e. The second kappa shape index (κ2) is 7.99. The van der Waals surface area contributed by atoms with Crippen molar-refractivity contribution in [3.8, 4) is 0 Å². The monoisotopic (exact) mass is 345 g/mol. The number of aryl methyl sites for hydroxylation is 1. The summed E-state index contributed by atoms with van der Waals surface area (Å²) in [5.41, 5.74) is 2.35. The van der Waals surface area contributed by atoms with Crippen LogP contribution in [0.15, 0.2) is 59.1 Å². The number of hydrogen-bond donors (Lipinski definition) is 1. The first-order chi connectivity index (χ1) is 10.2. The zero-order chi connectivity index (χ0) is 15.1. The van der Waals surface area contributed by atoms with Gasteiger partial charge in [0.2, 0.25) is 5.91 Å². The molecule has 1 amide bonds. The van der Waals surface area contributed by atoms with Crippen LogP contribution < -0.4 is 5.32 Å². The summed E-state index contributed by atoms with van der Waals surface area (Å²) in [4.78, 5) is 12.1. The van der Waals surface area contributed by atoms with E-state index < -0.39 is 0 Å². The van der Waals surface area contributed by atoms with Crippen LogP contribution in [0.1, 0.15) is 36.9 Å². The molecule has 0 radical (unpaired) electrons. The average molecular weight is 346 g/mol. The number of nitrogens with one attached hydrogen (secondary N) is 1. The van der Waals surface area contributed by atoms with Crippen LogP contribution in [0.25, 0.3) is 0 Å². The molecule has 2 aromatic rings. The highest BCUT2D eigenvalue weighted by molar-refractivity contribution is 9.10. The third-order valence-electron chi connectivity index (χ3n) is 3.50. The third kappa shape index (κ3) is 5.01.